The predicted molar refractivity (Wildman–Crippen MR) is 106 cm³/mol. The van der Waals surface area contributed by atoms with Crippen LogP contribution < -0.4 is 14.2 Å². The second-order valence-electron chi connectivity index (χ2n) is 6.57. The lowest BCUT2D eigenvalue weighted by atomic mass is 9.97. The summed E-state index contributed by atoms with van der Waals surface area (Å²) in [5, 5.41) is 0. The van der Waals surface area contributed by atoms with E-state index in [1.54, 1.807) is 12.1 Å². The molecule has 2 aromatic rings. The molecule has 0 N–H and O–H groups in total. The van der Waals surface area contributed by atoms with Gasteiger partial charge in [-0.2, -0.15) is 0 Å². The number of benzene rings is 2. The van der Waals surface area contributed by atoms with Crippen LogP contribution in [-0.4, -0.2) is 39.7 Å². The number of esters is 1. The number of carbonyl (C=O) groups is 2. The van der Waals surface area contributed by atoms with Crippen molar-refractivity contribution in [3.8, 4) is 17.2 Å². The summed E-state index contributed by atoms with van der Waals surface area (Å²) >= 11 is 0. The van der Waals surface area contributed by atoms with E-state index < -0.39 is 5.97 Å². The summed E-state index contributed by atoms with van der Waals surface area (Å²) < 4.78 is 21.0. The van der Waals surface area contributed by atoms with Crippen molar-refractivity contribution in [1.29, 1.82) is 0 Å². The number of hydrogen-bond donors (Lipinski definition) is 0. The van der Waals surface area contributed by atoms with Crippen LogP contribution in [0, 0.1) is 20.8 Å². The number of ketones is 1. The van der Waals surface area contributed by atoms with Gasteiger partial charge in [0.15, 0.2) is 18.1 Å². The van der Waals surface area contributed by atoms with Crippen molar-refractivity contribution in [2.45, 2.75) is 27.2 Å². The van der Waals surface area contributed by atoms with Gasteiger partial charge in [0.2, 0.25) is 11.5 Å². The number of carbonyl (C=O) groups excluding carboxylic acids is 2. The molecule has 6 nitrogen and oxygen atoms in total. The minimum Gasteiger partial charge on any atom is -0.493 e. The largest absolute Gasteiger partial charge is 0.493 e. The second kappa shape index (κ2) is 9.26. The summed E-state index contributed by atoms with van der Waals surface area (Å²) in [6.45, 7) is 5.44. The number of aryl methyl sites for hydroxylation is 3. The lowest BCUT2D eigenvalue weighted by molar-refractivity contribution is -0.141. The standard InChI is InChI=1S/C22H26O6/c1-13-7-14(2)21(15(3)8-13)17(23)12-28-20(24)11-16-9-18(25-4)22(27-6)19(10-16)26-5/h7-10H,11-12H2,1-6H3. The average Bonchev–Trinajstić information content (AvgIpc) is 2.64. The number of methoxy groups -OCH3 is 3. The third kappa shape index (κ3) is 4.82. The second-order valence-corrected chi connectivity index (χ2v) is 6.57. The molecule has 6 heteroatoms. The van der Waals surface area contributed by atoms with Gasteiger partial charge in [-0.1, -0.05) is 17.7 Å². The van der Waals surface area contributed by atoms with E-state index in [2.05, 4.69) is 0 Å². The van der Waals surface area contributed by atoms with E-state index in [4.69, 9.17) is 18.9 Å². The van der Waals surface area contributed by atoms with Crippen LogP contribution in [-0.2, 0) is 16.0 Å². The van der Waals surface area contributed by atoms with Gasteiger partial charge < -0.3 is 18.9 Å². The van der Waals surface area contributed by atoms with Crippen LogP contribution in [0.25, 0.3) is 0 Å². The van der Waals surface area contributed by atoms with Gasteiger partial charge in [-0.3, -0.25) is 9.59 Å². The maximum atomic E-state index is 12.5. The van der Waals surface area contributed by atoms with Gasteiger partial charge in [0.05, 0.1) is 27.8 Å². The van der Waals surface area contributed by atoms with Crippen molar-refractivity contribution in [2.75, 3.05) is 27.9 Å². The van der Waals surface area contributed by atoms with Gasteiger partial charge in [-0.15, -0.1) is 0 Å². The van der Waals surface area contributed by atoms with Gasteiger partial charge in [0.1, 0.15) is 0 Å². The first-order chi connectivity index (χ1) is 13.3. The molecule has 0 radical (unpaired) electrons. The fraction of sp³-hybridized carbons (Fsp3) is 0.364. The lowest BCUT2D eigenvalue weighted by Gasteiger charge is -2.14. The van der Waals surface area contributed by atoms with Gasteiger partial charge in [-0.05, 0) is 49.6 Å². The van der Waals surface area contributed by atoms with Crippen LogP contribution in [0.5, 0.6) is 17.2 Å². The van der Waals surface area contributed by atoms with Crippen molar-refractivity contribution >= 4 is 11.8 Å². The molecule has 0 aliphatic rings. The van der Waals surface area contributed by atoms with Crippen LogP contribution in [0.15, 0.2) is 24.3 Å². The molecule has 28 heavy (non-hydrogen) atoms. The highest BCUT2D eigenvalue weighted by atomic mass is 16.5. The molecule has 150 valence electrons. The zero-order valence-electron chi connectivity index (χ0n) is 17.2. The van der Waals surface area contributed by atoms with E-state index >= 15 is 0 Å². The number of ether oxygens (including phenoxy) is 4. The van der Waals surface area contributed by atoms with E-state index in [0.29, 0.717) is 28.4 Å². The topological polar surface area (TPSA) is 71.1 Å². The van der Waals surface area contributed by atoms with Gasteiger partial charge in [0, 0.05) is 5.56 Å². The Bertz CT molecular complexity index is 837. The first-order valence-corrected chi connectivity index (χ1v) is 8.86. The van der Waals surface area contributed by atoms with Gasteiger partial charge in [0.25, 0.3) is 0 Å². The molecule has 0 aliphatic carbocycles. The average molecular weight is 386 g/mol. The molecule has 0 aromatic heterocycles. The third-order valence-corrected chi connectivity index (χ3v) is 4.39. The molecular formula is C22H26O6. The normalized spacial score (nSPS) is 10.4. The molecule has 0 saturated heterocycles. The molecule has 0 amide bonds. The summed E-state index contributed by atoms with van der Waals surface area (Å²) in [6.07, 6.45) is -0.0180. The molecule has 0 bridgehead atoms. The van der Waals surface area contributed by atoms with Crippen LogP contribution in [0.2, 0.25) is 0 Å². The number of Topliss-reactive ketones (excluding diaryl/α,β-unsaturated/α-hetero) is 1. The van der Waals surface area contributed by atoms with Crippen molar-refractivity contribution in [1.82, 2.24) is 0 Å². The molecule has 0 saturated carbocycles. The van der Waals surface area contributed by atoms with Crippen molar-refractivity contribution in [2.24, 2.45) is 0 Å². The highest BCUT2D eigenvalue weighted by Gasteiger charge is 2.18. The van der Waals surface area contributed by atoms with Crippen LogP contribution in [0.4, 0.5) is 0 Å². The van der Waals surface area contributed by atoms with Crippen LogP contribution in [0.3, 0.4) is 0 Å². The number of hydrogen-bond acceptors (Lipinski definition) is 6. The van der Waals surface area contributed by atoms with E-state index in [1.165, 1.54) is 21.3 Å². The van der Waals surface area contributed by atoms with Crippen molar-refractivity contribution in [3.63, 3.8) is 0 Å². The first kappa shape index (κ1) is 21.3. The Labute approximate surface area is 165 Å². The maximum absolute atomic E-state index is 12.5. The smallest absolute Gasteiger partial charge is 0.310 e. The van der Waals surface area contributed by atoms with E-state index in [-0.39, 0.29) is 18.8 Å². The predicted octanol–water partition coefficient (Wildman–Crippen LogP) is 3.61. The SMILES string of the molecule is COc1cc(CC(=O)OCC(=O)c2c(C)cc(C)cc2C)cc(OC)c1OC. The zero-order valence-corrected chi connectivity index (χ0v) is 17.2. The fourth-order valence-electron chi connectivity index (χ4n) is 3.29. The molecule has 2 rings (SSSR count). The van der Waals surface area contributed by atoms with Crippen LogP contribution >= 0.6 is 0 Å². The van der Waals surface area contributed by atoms with E-state index in [0.717, 1.165) is 16.7 Å². The maximum Gasteiger partial charge on any atom is 0.310 e. The quantitative estimate of drug-likeness (QED) is 0.510. The molecule has 0 unspecified atom stereocenters. The third-order valence-electron chi connectivity index (χ3n) is 4.39. The number of rotatable bonds is 8. The Hall–Kier alpha value is -3.02. The van der Waals surface area contributed by atoms with E-state index in [1.807, 2.05) is 32.9 Å². The fourth-order valence-corrected chi connectivity index (χ4v) is 3.29. The van der Waals surface area contributed by atoms with Gasteiger partial charge >= 0.3 is 5.97 Å². The summed E-state index contributed by atoms with van der Waals surface area (Å²) in [5.41, 5.74) is 4.08. The molecule has 2 aromatic carbocycles. The minimum atomic E-state index is -0.509. The monoisotopic (exact) mass is 386 g/mol. The Kier molecular flexibility index (Phi) is 7.04. The highest BCUT2D eigenvalue weighted by molar-refractivity contribution is 6.00. The Morgan fingerprint density at radius 2 is 1.36 bits per heavy atom. The van der Waals surface area contributed by atoms with Crippen molar-refractivity contribution < 1.29 is 28.5 Å². The Morgan fingerprint density at radius 3 is 1.82 bits per heavy atom. The Morgan fingerprint density at radius 1 is 0.821 bits per heavy atom. The summed E-state index contributed by atoms with van der Waals surface area (Å²) in [7, 11) is 4.52. The first-order valence-electron chi connectivity index (χ1n) is 8.86. The molecule has 0 fully saturated rings. The lowest BCUT2D eigenvalue weighted by Crippen LogP contribution is -2.17. The molecule has 0 aliphatic heterocycles. The highest BCUT2D eigenvalue weighted by Crippen LogP contribution is 2.38. The minimum absolute atomic E-state index is 0.0180. The van der Waals surface area contributed by atoms with Crippen molar-refractivity contribution in [3.05, 3.63) is 52.1 Å². The molecule has 0 spiro atoms. The summed E-state index contributed by atoms with van der Waals surface area (Å²) in [5.74, 6) is 0.624. The Balaban J connectivity index is 2.08. The van der Waals surface area contributed by atoms with E-state index in [9.17, 15) is 9.59 Å². The zero-order chi connectivity index (χ0) is 20.8. The summed E-state index contributed by atoms with van der Waals surface area (Å²) in [6, 6.07) is 7.24. The summed E-state index contributed by atoms with van der Waals surface area (Å²) in [4.78, 5) is 24.7. The molecule has 0 heterocycles. The molecule has 0 atom stereocenters. The van der Waals surface area contributed by atoms with Gasteiger partial charge in [-0.25, -0.2) is 0 Å². The molecular weight excluding hydrogens is 360 g/mol. The van der Waals surface area contributed by atoms with Crippen LogP contribution in [0.1, 0.15) is 32.6 Å².